The van der Waals surface area contributed by atoms with Crippen LogP contribution in [-0.4, -0.2) is 23.5 Å². The summed E-state index contributed by atoms with van der Waals surface area (Å²) in [5, 5.41) is 9.05. The molecule has 2 rings (SSSR count). The van der Waals surface area contributed by atoms with Crippen LogP contribution in [0.2, 0.25) is 0 Å². The van der Waals surface area contributed by atoms with E-state index in [0.717, 1.165) is 13.1 Å². The van der Waals surface area contributed by atoms with Gasteiger partial charge in [-0.05, 0) is 51.5 Å². The van der Waals surface area contributed by atoms with Gasteiger partial charge in [-0.15, -0.1) is 0 Å². The van der Waals surface area contributed by atoms with E-state index >= 15 is 0 Å². The van der Waals surface area contributed by atoms with Crippen LogP contribution in [0.5, 0.6) is 0 Å². The third-order valence-electron chi connectivity index (χ3n) is 3.68. The lowest BCUT2D eigenvalue weighted by Gasteiger charge is -2.40. The van der Waals surface area contributed by atoms with Crippen LogP contribution in [-0.2, 0) is 0 Å². The minimum absolute atomic E-state index is 0.254. The molecule has 2 heteroatoms. The molecule has 2 aliphatic rings. The smallest absolute Gasteiger partial charge is 0.103 e. The third-order valence-corrected chi connectivity index (χ3v) is 3.68. The van der Waals surface area contributed by atoms with Gasteiger partial charge in [-0.1, -0.05) is 0 Å². The molecule has 0 aromatic heterocycles. The molecule has 72 valence electrons. The fraction of sp³-hybridized carbons (Fsp3) is 0.909. The molecule has 2 nitrogen and oxygen atoms in total. The van der Waals surface area contributed by atoms with E-state index in [9.17, 15) is 0 Å². The fourth-order valence-electron chi connectivity index (χ4n) is 2.34. The van der Waals surface area contributed by atoms with E-state index in [-0.39, 0.29) is 5.54 Å². The molecular weight excluding hydrogens is 160 g/mol. The van der Waals surface area contributed by atoms with E-state index in [4.69, 9.17) is 5.26 Å². The Morgan fingerprint density at radius 3 is 2.54 bits per heavy atom. The highest BCUT2D eigenvalue weighted by Gasteiger charge is 2.47. The third kappa shape index (κ3) is 1.58. The summed E-state index contributed by atoms with van der Waals surface area (Å²) >= 11 is 0. The highest BCUT2D eigenvalue weighted by Crippen LogP contribution is 2.52. The minimum atomic E-state index is -0.254. The van der Waals surface area contributed by atoms with E-state index in [1.54, 1.807) is 0 Å². The van der Waals surface area contributed by atoms with E-state index in [1.165, 1.54) is 25.7 Å². The van der Waals surface area contributed by atoms with Crippen LogP contribution in [0.3, 0.4) is 0 Å². The number of nitrogens with zero attached hydrogens (tertiary/aromatic N) is 2. The van der Waals surface area contributed by atoms with E-state index in [1.807, 2.05) is 13.8 Å². The number of hydrogen-bond donors (Lipinski definition) is 0. The van der Waals surface area contributed by atoms with Crippen molar-refractivity contribution in [2.24, 2.45) is 5.41 Å². The van der Waals surface area contributed by atoms with Crippen LogP contribution in [0.15, 0.2) is 0 Å². The van der Waals surface area contributed by atoms with Gasteiger partial charge in [0.05, 0.1) is 6.07 Å². The topological polar surface area (TPSA) is 27.0 Å². The van der Waals surface area contributed by atoms with Crippen molar-refractivity contribution >= 4 is 0 Å². The minimum Gasteiger partial charge on any atom is -0.285 e. The molecule has 1 saturated carbocycles. The number of hydrogen-bond acceptors (Lipinski definition) is 2. The summed E-state index contributed by atoms with van der Waals surface area (Å²) in [4.78, 5) is 2.36. The van der Waals surface area contributed by atoms with Crippen molar-refractivity contribution in [3.05, 3.63) is 0 Å². The van der Waals surface area contributed by atoms with Gasteiger partial charge in [-0.3, -0.25) is 4.90 Å². The monoisotopic (exact) mass is 178 g/mol. The van der Waals surface area contributed by atoms with Gasteiger partial charge in [0.15, 0.2) is 0 Å². The molecule has 0 aromatic carbocycles. The second kappa shape index (κ2) is 2.72. The molecule has 0 unspecified atom stereocenters. The quantitative estimate of drug-likeness (QED) is 0.615. The molecule has 1 saturated heterocycles. The van der Waals surface area contributed by atoms with Gasteiger partial charge < -0.3 is 0 Å². The van der Waals surface area contributed by atoms with Crippen LogP contribution >= 0.6 is 0 Å². The van der Waals surface area contributed by atoms with Crippen molar-refractivity contribution in [1.82, 2.24) is 4.90 Å². The second-order valence-electron chi connectivity index (χ2n) is 5.20. The number of piperidine rings is 1. The summed E-state index contributed by atoms with van der Waals surface area (Å²) in [6.45, 7) is 6.35. The second-order valence-corrected chi connectivity index (χ2v) is 5.20. The van der Waals surface area contributed by atoms with Gasteiger partial charge in [-0.25, -0.2) is 0 Å². The summed E-state index contributed by atoms with van der Waals surface area (Å²) in [6.07, 6.45) is 5.46. The average Bonchev–Trinajstić information content (AvgIpc) is 2.85. The molecule has 0 bridgehead atoms. The average molecular weight is 178 g/mol. The summed E-state index contributed by atoms with van der Waals surface area (Å²) < 4.78 is 0. The molecule has 1 aliphatic heterocycles. The maximum atomic E-state index is 9.05. The predicted molar refractivity (Wildman–Crippen MR) is 52.2 cm³/mol. The zero-order valence-corrected chi connectivity index (χ0v) is 8.64. The Morgan fingerprint density at radius 2 is 2.00 bits per heavy atom. The number of likely N-dealkylation sites (tertiary alicyclic amines) is 1. The van der Waals surface area contributed by atoms with Crippen molar-refractivity contribution in [2.45, 2.75) is 45.1 Å². The maximum Gasteiger partial charge on any atom is 0.103 e. The van der Waals surface area contributed by atoms with Gasteiger partial charge in [0.2, 0.25) is 0 Å². The van der Waals surface area contributed by atoms with Crippen LogP contribution in [0, 0.1) is 16.7 Å². The Morgan fingerprint density at radius 1 is 1.31 bits per heavy atom. The normalized spacial score (nSPS) is 27.2. The lowest BCUT2D eigenvalue weighted by Crippen LogP contribution is -2.48. The highest BCUT2D eigenvalue weighted by molar-refractivity contribution is 5.07. The molecule has 0 amide bonds. The van der Waals surface area contributed by atoms with Crippen molar-refractivity contribution in [2.75, 3.05) is 13.1 Å². The van der Waals surface area contributed by atoms with Crippen LogP contribution in [0.4, 0.5) is 0 Å². The van der Waals surface area contributed by atoms with Gasteiger partial charge >= 0.3 is 0 Å². The first kappa shape index (κ1) is 9.02. The molecular formula is C11H18N2. The Kier molecular flexibility index (Phi) is 1.89. The maximum absolute atomic E-state index is 9.05. The highest BCUT2D eigenvalue weighted by atomic mass is 15.2. The molecule has 13 heavy (non-hydrogen) atoms. The Balaban J connectivity index is 2.05. The van der Waals surface area contributed by atoms with Gasteiger partial charge in [-0.2, -0.15) is 5.26 Å². The predicted octanol–water partition coefficient (Wildman–Crippen LogP) is 2.16. The SMILES string of the molecule is CC(C)(C#N)N1CCCC2(CC2)C1. The molecule has 0 atom stereocenters. The van der Waals surface area contributed by atoms with Crippen molar-refractivity contribution in [1.29, 1.82) is 5.26 Å². The van der Waals surface area contributed by atoms with Gasteiger partial charge in [0.25, 0.3) is 0 Å². The zero-order chi connectivity index (χ0) is 9.53. The largest absolute Gasteiger partial charge is 0.285 e. The molecule has 0 radical (unpaired) electrons. The van der Waals surface area contributed by atoms with Gasteiger partial charge in [0.1, 0.15) is 5.54 Å². The zero-order valence-electron chi connectivity index (χ0n) is 8.64. The molecule has 0 N–H and O–H groups in total. The van der Waals surface area contributed by atoms with Crippen molar-refractivity contribution in [3.8, 4) is 6.07 Å². The Labute approximate surface area is 80.5 Å². The lowest BCUT2D eigenvalue weighted by atomic mass is 9.91. The van der Waals surface area contributed by atoms with E-state index in [0.29, 0.717) is 5.41 Å². The molecule has 2 fully saturated rings. The molecule has 0 aromatic rings. The first-order valence-electron chi connectivity index (χ1n) is 5.24. The number of rotatable bonds is 1. The summed E-state index contributed by atoms with van der Waals surface area (Å²) in [6, 6.07) is 2.40. The number of nitriles is 1. The van der Waals surface area contributed by atoms with E-state index in [2.05, 4.69) is 11.0 Å². The lowest BCUT2D eigenvalue weighted by molar-refractivity contribution is 0.0917. The molecule has 1 spiro atoms. The van der Waals surface area contributed by atoms with Crippen LogP contribution in [0.25, 0.3) is 0 Å². The molecule has 1 aliphatic carbocycles. The standard InChI is InChI=1S/C11H18N2/c1-10(2,8-12)13-7-3-4-11(9-13)5-6-11/h3-7,9H2,1-2H3. The van der Waals surface area contributed by atoms with Gasteiger partial charge in [0, 0.05) is 6.54 Å². The Bertz CT molecular complexity index is 245. The van der Waals surface area contributed by atoms with E-state index < -0.39 is 0 Å². The summed E-state index contributed by atoms with van der Waals surface area (Å²) in [7, 11) is 0. The van der Waals surface area contributed by atoms with Crippen molar-refractivity contribution < 1.29 is 0 Å². The van der Waals surface area contributed by atoms with Crippen LogP contribution in [0.1, 0.15) is 39.5 Å². The summed E-state index contributed by atoms with van der Waals surface area (Å²) in [5.74, 6) is 0. The summed E-state index contributed by atoms with van der Waals surface area (Å²) in [5.41, 5.74) is 0.377. The fourth-order valence-corrected chi connectivity index (χ4v) is 2.34. The van der Waals surface area contributed by atoms with Crippen LogP contribution < -0.4 is 0 Å². The first-order valence-corrected chi connectivity index (χ1v) is 5.24. The first-order chi connectivity index (χ1) is 6.08. The Hall–Kier alpha value is -0.550. The molecule has 1 heterocycles. The van der Waals surface area contributed by atoms with Crippen molar-refractivity contribution in [3.63, 3.8) is 0 Å².